The van der Waals surface area contributed by atoms with Crippen LogP contribution < -0.4 is 10.2 Å². The lowest BCUT2D eigenvalue weighted by Gasteiger charge is -2.29. The summed E-state index contributed by atoms with van der Waals surface area (Å²) in [6.07, 6.45) is 1.48. The summed E-state index contributed by atoms with van der Waals surface area (Å²) >= 11 is 0. The molecule has 2 heterocycles. The molecule has 1 aliphatic heterocycles. The molecule has 5 rings (SSSR count). The Hall–Kier alpha value is -4.46. The molecule has 7 nitrogen and oxygen atoms in total. The average molecular weight is 514 g/mol. The zero-order valence-corrected chi connectivity index (χ0v) is 20.9. The fourth-order valence-electron chi connectivity index (χ4n) is 5.04. The lowest BCUT2D eigenvalue weighted by Crippen LogP contribution is -2.51. The van der Waals surface area contributed by atoms with E-state index in [0.29, 0.717) is 30.2 Å². The van der Waals surface area contributed by atoms with Crippen molar-refractivity contribution in [1.29, 1.82) is 0 Å². The molecule has 194 valence electrons. The van der Waals surface area contributed by atoms with Crippen LogP contribution in [0.2, 0.25) is 0 Å². The normalized spacial score (nSPS) is 15.2. The zero-order valence-electron chi connectivity index (χ0n) is 20.9. The highest BCUT2D eigenvalue weighted by atomic mass is 19.1. The maximum absolute atomic E-state index is 14.1. The first kappa shape index (κ1) is 25.2. The van der Waals surface area contributed by atoms with Crippen LogP contribution in [0.5, 0.6) is 0 Å². The van der Waals surface area contributed by atoms with E-state index in [1.165, 1.54) is 19.2 Å². The standard InChI is InChI=1S/C30H28FN3O4/c1-38-28(35)18-23-16-20-9-5-6-10-27(20)34(23)30(37)25(13-11-19-7-3-2-4-8-19)33-29(36)26-17-21-15-22(31)12-14-24(21)32-26/h2-10,12,14-15,17,23,25,32H,11,13,16,18H2,1H3,(H,33,36)/t23-,25+/m1/s1. The molecule has 0 saturated carbocycles. The number of para-hydroxylation sites is 1. The van der Waals surface area contributed by atoms with Crippen molar-refractivity contribution >= 4 is 34.4 Å². The number of ether oxygens (including phenoxy) is 1. The molecule has 2 atom stereocenters. The van der Waals surface area contributed by atoms with Gasteiger partial charge in [-0.15, -0.1) is 0 Å². The molecule has 1 aromatic heterocycles. The number of benzene rings is 3. The van der Waals surface area contributed by atoms with Gasteiger partial charge >= 0.3 is 5.97 Å². The van der Waals surface area contributed by atoms with E-state index < -0.39 is 29.8 Å². The van der Waals surface area contributed by atoms with Gasteiger partial charge in [0.25, 0.3) is 5.91 Å². The predicted molar refractivity (Wildman–Crippen MR) is 142 cm³/mol. The number of carbonyl (C=O) groups excluding carboxylic acids is 3. The number of aromatic amines is 1. The minimum Gasteiger partial charge on any atom is -0.469 e. The monoisotopic (exact) mass is 513 g/mol. The number of fused-ring (bicyclic) bond motifs is 2. The Balaban J connectivity index is 1.44. The van der Waals surface area contributed by atoms with Crippen molar-refractivity contribution in [2.24, 2.45) is 0 Å². The van der Waals surface area contributed by atoms with E-state index in [-0.39, 0.29) is 18.0 Å². The fraction of sp³-hybridized carbons (Fsp3) is 0.233. The number of aromatic nitrogens is 1. The first-order valence-corrected chi connectivity index (χ1v) is 12.5. The summed E-state index contributed by atoms with van der Waals surface area (Å²) in [5, 5.41) is 3.47. The highest BCUT2D eigenvalue weighted by Crippen LogP contribution is 2.34. The van der Waals surface area contributed by atoms with Crippen LogP contribution in [0.15, 0.2) is 78.9 Å². The van der Waals surface area contributed by atoms with Crippen molar-refractivity contribution in [3.63, 3.8) is 0 Å². The summed E-state index contributed by atoms with van der Waals surface area (Å²) in [5.74, 6) is -1.57. The largest absolute Gasteiger partial charge is 0.469 e. The van der Waals surface area contributed by atoms with Crippen LogP contribution in [-0.2, 0) is 27.2 Å². The van der Waals surface area contributed by atoms with E-state index in [0.717, 1.165) is 16.8 Å². The molecule has 0 aliphatic carbocycles. The molecule has 0 saturated heterocycles. The van der Waals surface area contributed by atoms with Crippen LogP contribution in [0.25, 0.3) is 10.9 Å². The third-order valence-electron chi connectivity index (χ3n) is 6.93. The second-order valence-electron chi connectivity index (χ2n) is 9.44. The molecule has 2 N–H and O–H groups in total. The first-order valence-electron chi connectivity index (χ1n) is 12.5. The topological polar surface area (TPSA) is 91.5 Å². The Bertz CT molecular complexity index is 1480. The first-order chi connectivity index (χ1) is 18.4. The summed E-state index contributed by atoms with van der Waals surface area (Å²) < 4.78 is 18.6. The van der Waals surface area contributed by atoms with Crippen molar-refractivity contribution in [2.45, 2.75) is 37.8 Å². The summed E-state index contributed by atoms with van der Waals surface area (Å²) in [6.45, 7) is 0. The number of hydrogen-bond acceptors (Lipinski definition) is 4. The van der Waals surface area contributed by atoms with Gasteiger partial charge in [0.05, 0.1) is 19.6 Å². The van der Waals surface area contributed by atoms with E-state index in [4.69, 9.17) is 4.74 Å². The molecule has 38 heavy (non-hydrogen) atoms. The van der Waals surface area contributed by atoms with Crippen LogP contribution in [0.4, 0.5) is 10.1 Å². The van der Waals surface area contributed by atoms with Crippen LogP contribution in [0.3, 0.4) is 0 Å². The number of nitrogens with one attached hydrogen (secondary N) is 2. The average Bonchev–Trinajstić information content (AvgIpc) is 3.51. The van der Waals surface area contributed by atoms with Crippen molar-refractivity contribution in [3.8, 4) is 0 Å². The van der Waals surface area contributed by atoms with Crippen LogP contribution in [-0.4, -0.2) is 42.0 Å². The van der Waals surface area contributed by atoms with Gasteiger partial charge in [-0.05, 0) is 60.7 Å². The zero-order chi connectivity index (χ0) is 26.6. The van der Waals surface area contributed by atoms with Gasteiger partial charge in [0.1, 0.15) is 17.6 Å². The second kappa shape index (κ2) is 10.9. The Morgan fingerprint density at radius 2 is 1.82 bits per heavy atom. The number of rotatable bonds is 8. The van der Waals surface area contributed by atoms with E-state index in [1.54, 1.807) is 17.0 Å². The summed E-state index contributed by atoms with van der Waals surface area (Å²) in [7, 11) is 1.33. The van der Waals surface area contributed by atoms with Crippen molar-refractivity contribution in [3.05, 3.63) is 102 Å². The number of methoxy groups -OCH3 is 1. The lowest BCUT2D eigenvalue weighted by atomic mass is 10.0. The van der Waals surface area contributed by atoms with E-state index in [1.807, 2.05) is 54.6 Å². The number of H-pyrrole nitrogens is 1. The van der Waals surface area contributed by atoms with Crippen LogP contribution in [0, 0.1) is 5.82 Å². The quantitative estimate of drug-likeness (QED) is 0.338. The molecule has 0 radical (unpaired) electrons. The second-order valence-corrected chi connectivity index (χ2v) is 9.44. The molecular weight excluding hydrogens is 485 g/mol. The number of anilines is 1. The van der Waals surface area contributed by atoms with Crippen LogP contribution in [0.1, 0.15) is 34.5 Å². The minimum atomic E-state index is -0.864. The molecule has 3 aromatic carbocycles. The van der Waals surface area contributed by atoms with Crippen molar-refractivity contribution in [2.75, 3.05) is 12.0 Å². The highest BCUT2D eigenvalue weighted by molar-refractivity contribution is 6.05. The van der Waals surface area contributed by atoms with Crippen molar-refractivity contribution in [1.82, 2.24) is 10.3 Å². The SMILES string of the molecule is COC(=O)C[C@H]1Cc2ccccc2N1C(=O)[C@H](CCc1ccccc1)NC(=O)c1cc2cc(F)ccc2[nH]1. The van der Waals surface area contributed by atoms with Gasteiger partial charge in [0.15, 0.2) is 0 Å². The number of amides is 2. The molecule has 8 heteroatoms. The maximum Gasteiger partial charge on any atom is 0.307 e. The van der Waals surface area contributed by atoms with Gasteiger partial charge in [-0.25, -0.2) is 4.39 Å². The molecule has 0 unspecified atom stereocenters. The van der Waals surface area contributed by atoms with E-state index in [2.05, 4.69) is 10.3 Å². The van der Waals surface area contributed by atoms with Gasteiger partial charge in [-0.3, -0.25) is 14.4 Å². The molecule has 4 aromatic rings. The lowest BCUT2D eigenvalue weighted by molar-refractivity contribution is -0.141. The Labute approximate surface area is 219 Å². The molecule has 2 amide bonds. The highest BCUT2D eigenvalue weighted by Gasteiger charge is 2.38. The number of halogens is 1. The number of esters is 1. The number of carbonyl (C=O) groups is 3. The summed E-state index contributed by atoms with van der Waals surface area (Å²) in [6, 6.07) is 21.8. The molecule has 1 aliphatic rings. The third kappa shape index (κ3) is 5.29. The number of hydrogen-bond donors (Lipinski definition) is 2. The molecule has 0 fully saturated rings. The Morgan fingerprint density at radius 1 is 1.05 bits per heavy atom. The molecule has 0 spiro atoms. The third-order valence-corrected chi connectivity index (χ3v) is 6.93. The van der Waals surface area contributed by atoms with Gasteiger partial charge in [-0.1, -0.05) is 48.5 Å². The number of aryl methyl sites for hydroxylation is 1. The maximum atomic E-state index is 14.1. The van der Waals surface area contributed by atoms with Gasteiger partial charge in [0, 0.05) is 16.6 Å². The van der Waals surface area contributed by atoms with Gasteiger partial charge < -0.3 is 19.9 Å². The minimum absolute atomic E-state index is 0.0455. The van der Waals surface area contributed by atoms with Crippen LogP contribution >= 0.6 is 0 Å². The van der Waals surface area contributed by atoms with Gasteiger partial charge in [-0.2, -0.15) is 0 Å². The van der Waals surface area contributed by atoms with Gasteiger partial charge in [0.2, 0.25) is 5.91 Å². The summed E-state index contributed by atoms with van der Waals surface area (Å²) in [4.78, 5) is 44.2. The predicted octanol–water partition coefficient (Wildman–Crippen LogP) is 4.56. The van der Waals surface area contributed by atoms with E-state index in [9.17, 15) is 18.8 Å². The Kier molecular flexibility index (Phi) is 7.22. The molecule has 0 bridgehead atoms. The Morgan fingerprint density at radius 3 is 2.61 bits per heavy atom. The number of nitrogens with zero attached hydrogens (tertiary/aromatic N) is 1. The summed E-state index contributed by atoms with van der Waals surface area (Å²) in [5.41, 5.74) is 3.58. The van der Waals surface area contributed by atoms with Crippen molar-refractivity contribution < 1.29 is 23.5 Å². The molecular formula is C30H28FN3O4. The smallest absolute Gasteiger partial charge is 0.307 e. The van der Waals surface area contributed by atoms with E-state index >= 15 is 0 Å². The fourth-order valence-corrected chi connectivity index (χ4v) is 5.04.